The van der Waals surface area contributed by atoms with Crippen molar-refractivity contribution in [3.05, 3.63) is 47.7 Å². The molecule has 2 aliphatic heterocycles. The molecule has 0 saturated carbocycles. The van der Waals surface area contributed by atoms with E-state index < -0.39 is 49.1 Å². The Kier molecular flexibility index (Phi) is 9.91. The van der Waals surface area contributed by atoms with Crippen molar-refractivity contribution in [3.63, 3.8) is 0 Å². The van der Waals surface area contributed by atoms with Crippen LogP contribution in [0.25, 0.3) is 11.0 Å². The van der Waals surface area contributed by atoms with E-state index in [-0.39, 0.29) is 31.6 Å². The van der Waals surface area contributed by atoms with Gasteiger partial charge in [0, 0.05) is 30.4 Å². The number of nitrogens with one attached hydrogen (secondary N) is 1. The molecule has 3 N–H and O–H groups in total. The zero-order valence-electron chi connectivity index (χ0n) is 23.9. The smallest absolute Gasteiger partial charge is 0.464 e. The first kappa shape index (κ1) is 31.5. The largest absolute Gasteiger partial charge is 0.475 e. The Balaban J connectivity index is 1.41. The molecule has 226 valence electrons. The number of amides is 2. The Morgan fingerprint density at radius 1 is 1.29 bits per heavy atom. The molecular formula is C29H37BF2N4O6. The molecule has 0 bridgehead atoms. The zero-order valence-corrected chi connectivity index (χ0v) is 23.9. The van der Waals surface area contributed by atoms with E-state index in [0.717, 1.165) is 18.2 Å². The van der Waals surface area contributed by atoms with Crippen LogP contribution in [0.1, 0.15) is 51.5 Å². The van der Waals surface area contributed by atoms with Crippen LogP contribution in [0.15, 0.2) is 46.6 Å². The highest BCUT2D eigenvalue weighted by molar-refractivity contribution is 6.43. The van der Waals surface area contributed by atoms with Crippen molar-refractivity contribution in [2.75, 3.05) is 26.2 Å². The Bertz CT molecular complexity index is 1340. The quantitative estimate of drug-likeness (QED) is 0.231. The molecule has 1 aromatic heterocycles. The molecule has 2 aromatic rings. The monoisotopic (exact) mass is 586 g/mol. The summed E-state index contributed by atoms with van der Waals surface area (Å²) < 4.78 is 38.6. The minimum atomic E-state index is -2.81. The number of alkyl halides is 2. The van der Waals surface area contributed by atoms with Crippen molar-refractivity contribution in [2.45, 2.75) is 75.8 Å². The third-order valence-electron chi connectivity index (χ3n) is 8.04. The SMILES string of the molecule is CC(C)(C=C(C#N)C(=O)N1CCCCC[C@H]1COC(=O)NC(Cc1coc2ccccc12)B(O)O)N1CCC(F)(F)C1. The predicted octanol–water partition coefficient (Wildman–Crippen LogP) is 3.42. The number of likely N-dealkylation sites (tertiary alicyclic amines) is 2. The van der Waals surface area contributed by atoms with Gasteiger partial charge in [0.2, 0.25) is 0 Å². The van der Waals surface area contributed by atoms with Crippen molar-refractivity contribution in [1.29, 1.82) is 5.26 Å². The lowest BCUT2D eigenvalue weighted by Gasteiger charge is -2.34. The molecule has 1 aromatic carbocycles. The number of benzene rings is 1. The van der Waals surface area contributed by atoms with Crippen molar-refractivity contribution in [2.24, 2.45) is 0 Å². The Labute approximate surface area is 244 Å². The van der Waals surface area contributed by atoms with E-state index in [1.807, 2.05) is 24.3 Å². The van der Waals surface area contributed by atoms with Gasteiger partial charge >= 0.3 is 13.2 Å². The van der Waals surface area contributed by atoms with Gasteiger partial charge in [0.25, 0.3) is 11.8 Å². The van der Waals surface area contributed by atoms with Gasteiger partial charge in [-0.2, -0.15) is 5.26 Å². The number of ether oxygens (including phenoxy) is 1. The second-order valence-electron chi connectivity index (χ2n) is 11.6. The van der Waals surface area contributed by atoms with E-state index in [2.05, 4.69) is 5.32 Å². The Morgan fingerprint density at radius 2 is 2.05 bits per heavy atom. The van der Waals surface area contributed by atoms with E-state index >= 15 is 0 Å². The summed E-state index contributed by atoms with van der Waals surface area (Å²) in [6, 6.07) is 8.69. The lowest BCUT2D eigenvalue weighted by atomic mass is 9.76. The summed E-state index contributed by atoms with van der Waals surface area (Å²) in [7, 11) is -1.87. The molecule has 42 heavy (non-hydrogen) atoms. The molecule has 2 saturated heterocycles. The minimum Gasteiger partial charge on any atom is -0.464 e. The molecule has 0 radical (unpaired) electrons. The first-order valence-corrected chi connectivity index (χ1v) is 14.2. The van der Waals surface area contributed by atoms with Crippen molar-refractivity contribution in [3.8, 4) is 6.07 Å². The summed E-state index contributed by atoms with van der Waals surface area (Å²) in [5.41, 5.74) is 0.217. The Hall–Kier alpha value is -3.47. The summed E-state index contributed by atoms with van der Waals surface area (Å²) in [5.74, 6) is -4.44. The van der Waals surface area contributed by atoms with Gasteiger partial charge in [0.1, 0.15) is 23.8 Å². The minimum absolute atomic E-state index is 0.0763. The van der Waals surface area contributed by atoms with Gasteiger partial charge in [-0.1, -0.05) is 31.0 Å². The highest BCUT2D eigenvalue weighted by atomic mass is 19.3. The van der Waals surface area contributed by atoms with E-state index in [0.29, 0.717) is 30.5 Å². The molecule has 2 fully saturated rings. The van der Waals surface area contributed by atoms with Crippen LogP contribution >= 0.6 is 0 Å². The van der Waals surface area contributed by atoms with Crippen LogP contribution in [0.2, 0.25) is 0 Å². The molecule has 2 aliphatic rings. The fourth-order valence-electron chi connectivity index (χ4n) is 5.61. The number of rotatable bonds is 9. The topological polar surface area (TPSA) is 139 Å². The maximum absolute atomic E-state index is 13.8. The van der Waals surface area contributed by atoms with E-state index in [9.17, 15) is 33.7 Å². The van der Waals surface area contributed by atoms with Crippen molar-refractivity contribution in [1.82, 2.24) is 15.1 Å². The average Bonchev–Trinajstić information content (AvgIpc) is 3.44. The molecule has 3 heterocycles. The number of fused-ring (bicyclic) bond motifs is 1. The van der Waals surface area contributed by atoms with E-state index in [1.165, 1.54) is 17.2 Å². The van der Waals surface area contributed by atoms with Gasteiger partial charge < -0.3 is 29.4 Å². The third kappa shape index (κ3) is 7.67. The van der Waals surface area contributed by atoms with Gasteiger partial charge in [-0.15, -0.1) is 0 Å². The molecule has 2 atom stereocenters. The Morgan fingerprint density at radius 3 is 2.74 bits per heavy atom. The van der Waals surface area contributed by atoms with Gasteiger partial charge in [0.15, 0.2) is 0 Å². The summed E-state index contributed by atoms with van der Waals surface area (Å²) in [5, 5.41) is 32.9. The fraction of sp³-hybridized carbons (Fsp3) is 0.552. The zero-order chi connectivity index (χ0) is 30.5. The first-order valence-electron chi connectivity index (χ1n) is 14.2. The lowest BCUT2D eigenvalue weighted by Crippen LogP contribution is -2.49. The van der Waals surface area contributed by atoms with Crippen LogP contribution in [0, 0.1) is 11.3 Å². The van der Waals surface area contributed by atoms with Crippen LogP contribution in [0.3, 0.4) is 0 Å². The molecule has 0 spiro atoms. The summed E-state index contributed by atoms with van der Waals surface area (Å²) in [4.78, 5) is 29.3. The van der Waals surface area contributed by atoms with Gasteiger partial charge in [-0.25, -0.2) is 13.6 Å². The highest BCUT2D eigenvalue weighted by Gasteiger charge is 2.43. The molecular weight excluding hydrogens is 549 g/mol. The predicted molar refractivity (Wildman–Crippen MR) is 151 cm³/mol. The van der Waals surface area contributed by atoms with Gasteiger partial charge in [-0.3, -0.25) is 9.69 Å². The number of furan rings is 1. The highest BCUT2D eigenvalue weighted by Crippen LogP contribution is 2.33. The van der Waals surface area contributed by atoms with Crippen LogP contribution in [-0.2, 0) is 16.0 Å². The van der Waals surface area contributed by atoms with Crippen LogP contribution in [0.5, 0.6) is 0 Å². The first-order chi connectivity index (χ1) is 19.9. The van der Waals surface area contributed by atoms with Crippen molar-refractivity contribution >= 4 is 30.1 Å². The second kappa shape index (κ2) is 13.2. The van der Waals surface area contributed by atoms with Gasteiger partial charge in [0.05, 0.1) is 24.8 Å². The molecule has 2 amide bonds. The van der Waals surface area contributed by atoms with E-state index in [4.69, 9.17) is 9.15 Å². The number of hydrogen-bond donors (Lipinski definition) is 3. The van der Waals surface area contributed by atoms with Crippen LogP contribution < -0.4 is 5.32 Å². The third-order valence-corrected chi connectivity index (χ3v) is 8.04. The average molecular weight is 586 g/mol. The number of carbonyl (C=O) groups excluding carboxylic acids is 2. The summed E-state index contributed by atoms with van der Waals surface area (Å²) >= 11 is 0. The normalized spacial score (nSPS) is 20.5. The molecule has 4 rings (SSSR count). The summed E-state index contributed by atoms with van der Waals surface area (Å²) in [6.07, 6.45) is 4.73. The standard InChI is InChI=1S/C29H37BF2N4O6/c1-28(2,35-13-11-29(31,32)19-35)15-21(16-33)26(37)36-12-7-3-4-8-22(36)18-42-27(38)34-25(30(39)40)14-20-17-41-24-10-6-5-9-23(20)24/h5-6,9-10,15,17,22,25,39-40H,3-4,7-8,11-14,18-19H2,1-2H3,(H,34,38)/t22-,25?/m0/s1. The number of hydrogen-bond acceptors (Lipinski definition) is 8. The number of nitriles is 1. The van der Waals surface area contributed by atoms with Crippen LogP contribution in [0.4, 0.5) is 13.6 Å². The molecule has 10 nitrogen and oxygen atoms in total. The number of alkyl carbamates (subject to hydrolysis) is 1. The number of nitrogens with zero attached hydrogens (tertiary/aromatic N) is 3. The van der Waals surface area contributed by atoms with Gasteiger partial charge in [-0.05, 0) is 50.8 Å². The molecule has 0 aliphatic carbocycles. The summed E-state index contributed by atoms with van der Waals surface area (Å²) in [6.45, 7) is 3.29. The molecule has 1 unspecified atom stereocenters. The number of carbonyl (C=O) groups is 2. The second-order valence-corrected chi connectivity index (χ2v) is 11.6. The fourth-order valence-corrected chi connectivity index (χ4v) is 5.61. The maximum Gasteiger partial charge on any atom is 0.475 e. The maximum atomic E-state index is 13.8. The number of para-hydroxylation sites is 1. The van der Waals surface area contributed by atoms with Crippen LogP contribution in [-0.4, -0.2) is 88.7 Å². The van der Waals surface area contributed by atoms with Crippen molar-refractivity contribution < 1.29 is 37.6 Å². The number of halogens is 2. The lowest BCUT2D eigenvalue weighted by molar-refractivity contribution is -0.129. The molecule has 13 heteroatoms. The van der Waals surface area contributed by atoms with E-state index in [1.54, 1.807) is 24.8 Å².